The first-order valence-corrected chi connectivity index (χ1v) is 8.49. The van der Waals surface area contributed by atoms with E-state index in [1.165, 1.54) is 17.7 Å². The monoisotopic (exact) mass is 315 g/mol. The lowest BCUT2D eigenvalue weighted by molar-refractivity contribution is -0.131. The van der Waals surface area contributed by atoms with Crippen LogP contribution in [0.5, 0.6) is 0 Å². The molecule has 4 heteroatoms. The van der Waals surface area contributed by atoms with Gasteiger partial charge in [0.1, 0.15) is 11.2 Å². The average Bonchev–Trinajstić information content (AvgIpc) is 3.04. The Kier molecular flexibility index (Phi) is 4.78. The Hall–Kier alpha value is -1.81. The number of thioether (sulfide) groups is 1. The van der Waals surface area contributed by atoms with Crippen molar-refractivity contribution >= 4 is 17.7 Å². The van der Waals surface area contributed by atoms with Gasteiger partial charge in [0, 0.05) is 18.7 Å². The standard InChI is InChI=1S/C18H18FNOS/c19-16-9-7-15(8-10-16)18-20(12-13-22-18)17(21)11-6-14-4-2-1-3-5-14/h1-5,7-10,18H,6,11-13H2. The zero-order valence-corrected chi connectivity index (χ0v) is 13.1. The van der Waals surface area contributed by atoms with Crippen LogP contribution in [0.1, 0.15) is 22.9 Å². The van der Waals surface area contributed by atoms with Crippen LogP contribution >= 0.6 is 11.8 Å². The largest absolute Gasteiger partial charge is 0.326 e. The summed E-state index contributed by atoms with van der Waals surface area (Å²) in [6.07, 6.45) is 1.28. The zero-order chi connectivity index (χ0) is 15.4. The lowest BCUT2D eigenvalue weighted by atomic mass is 10.1. The number of nitrogens with zero attached hydrogens (tertiary/aromatic N) is 1. The van der Waals surface area contributed by atoms with Gasteiger partial charge in [-0.05, 0) is 29.7 Å². The molecular formula is C18H18FNOS. The number of hydrogen-bond donors (Lipinski definition) is 0. The van der Waals surface area contributed by atoms with Crippen molar-refractivity contribution in [3.63, 3.8) is 0 Å². The maximum absolute atomic E-state index is 13.1. The molecular weight excluding hydrogens is 297 g/mol. The van der Waals surface area contributed by atoms with E-state index in [4.69, 9.17) is 0 Å². The summed E-state index contributed by atoms with van der Waals surface area (Å²) in [5.41, 5.74) is 2.18. The van der Waals surface area contributed by atoms with E-state index >= 15 is 0 Å². The first-order chi connectivity index (χ1) is 10.7. The van der Waals surface area contributed by atoms with Crippen molar-refractivity contribution in [3.05, 3.63) is 71.5 Å². The maximum Gasteiger partial charge on any atom is 0.224 e. The third kappa shape index (κ3) is 3.50. The molecule has 0 spiro atoms. The molecule has 0 bridgehead atoms. The van der Waals surface area contributed by atoms with Gasteiger partial charge in [-0.1, -0.05) is 42.5 Å². The van der Waals surface area contributed by atoms with Gasteiger partial charge in [0.15, 0.2) is 0 Å². The summed E-state index contributed by atoms with van der Waals surface area (Å²) >= 11 is 1.74. The molecule has 1 unspecified atom stereocenters. The minimum absolute atomic E-state index is 0.0175. The second-order valence-corrected chi connectivity index (χ2v) is 6.54. The topological polar surface area (TPSA) is 20.3 Å². The highest BCUT2D eigenvalue weighted by atomic mass is 32.2. The highest BCUT2D eigenvalue weighted by molar-refractivity contribution is 7.99. The molecule has 1 heterocycles. The molecule has 0 aliphatic carbocycles. The van der Waals surface area contributed by atoms with Crippen LogP contribution in [-0.2, 0) is 11.2 Å². The van der Waals surface area contributed by atoms with E-state index in [1.807, 2.05) is 35.2 Å². The van der Waals surface area contributed by atoms with Crippen LogP contribution < -0.4 is 0 Å². The molecule has 1 aliphatic heterocycles. The smallest absolute Gasteiger partial charge is 0.224 e. The third-order valence-electron chi connectivity index (χ3n) is 3.84. The molecule has 2 nitrogen and oxygen atoms in total. The van der Waals surface area contributed by atoms with Crippen LogP contribution in [0.4, 0.5) is 4.39 Å². The number of carbonyl (C=O) groups excluding carboxylic acids is 1. The maximum atomic E-state index is 13.1. The Morgan fingerprint density at radius 3 is 2.59 bits per heavy atom. The predicted molar refractivity (Wildman–Crippen MR) is 88.1 cm³/mol. The lowest BCUT2D eigenvalue weighted by Gasteiger charge is -2.24. The predicted octanol–water partition coefficient (Wildman–Crippen LogP) is 4.03. The van der Waals surface area contributed by atoms with Crippen LogP contribution in [0.3, 0.4) is 0 Å². The fourth-order valence-electron chi connectivity index (χ4n) is 2.67. The van der Waals surface area contributed by atoms with Crippen LogP contribution in [-0.4, -0.2) is 23.1 Å². The Morgan fingerprint density at radius 1 is 1.14 bits per heavy atom. The molecule has 1 atom stereocenters. The molecule has 0 aromatic heterocycles. The fourth-order valence-corrected chi connectivity index (χ4v) is 3.95. The van der Waals surface area contributed by atoms with Crippen LogP contribution in [0.15, 0.2) is 54.6 Å². The Morgan fingerprint density at radius 2 is 1.86 bits per heavy atom. The van der Waals surface area contributed by atoms with Crippen molar-refractivity contribution < 1.29 is 9.18 Å². The van der Waals surface area contributed by atoms with E-state index in [1.54, 1.807) is 23.9 Å². The summed E-state index contributed by atoms with van der Waals surface area (Å²) in [6.45, 7) is 0.764. The van der Waals surface area contributed by atoms with Gasteiger partial charge >= 0.3 is 0 Å². The van der Waals surface area contributed by atoms with Crippen LogP contribution in [0, 0.1) is 5.82 Å². The van der Waals surface area contributed by atoms with E-state index in [0.29, 0.717) is 6.42 Å². The number of rotatable bonds is 4. The van der Waals surface area contributed by atoms with Crippen LogP contribution in [0.25, 0.3) is 0 Å². The highest BCUT2D eigenvalue weighted by Crippen LogP contribution is 2.38. The summed E-state index contributed by atoms with van der Waals surface area (Å²) in [7, 11) is 0. The quantitative estimate of drug-likeness (QED) is 0.849. The Labute approximate surface area is 134 Å². The summed E-state index contributed by atoms with van der Waals surface area (Å²) in [5.74, 6) is 0.857. The van der Waals surface area contributed by atoms with Gasteiger partial charge in [-0.15, -0.1) is 11.8 Å². The lowest BCUT2D eigenvalue weighted by Crippen LogP contribution is -2.30. The van der Waals surface area contributed by atoms with Gasteiger partial charge in [0.05, 0.1) is 0 Å². The Balaban J connectivity index is 1.65. The number of amides is 1. The summed E-state index contributed by atoms with van der Waals surface area (Å²) < 4.78 is 13.1. The molecule has 2 aromatic carbocycles. The van der Waals surface area contributed by atoms with E-state index in [0.717, 1.165) is 24.3 Å². The molecule has 1 amide bonds. The van der Waals surface area contributed by atoms with E-state index in [-0.39, 0.29) is 17.1 Å². The molecule has 3 rings (SSSR count). The van der Waals surface area contributed by atoms with Gasteiger partial charge in [-0.3, -0.25) is 4.79 Å². The fraction of sp³-hybridized carbons (Fsp3) is 0.278. The van der Waals surface area contributed by atoms with E-state index in [9.17, 15) is 9.18 Å². The molecule has 0 radical (unpaired) electrons. The third-order valence-corrected chi connectivity index (χ3v) is 5.10. The van der Waals surface area contributed by atoms with Gasteiger partial charge in [-0.2, -0.15) is 0 Å². The van der Waals surface area contributed by atoms with Crippen molar-refractivity contribution in [2.24, 2.45) is 0 Å². The molecule has 22 heavy (non-hydrogen) atoms. The Bertz CT molecular complexity index is 629. The van der Waals surface area contributed by atoms with Gasteiger partial charge in [-0.25, -0.2) is 4.39 Å². The molecule has 2 aromatic rings. The van der Waals surface area contributed by atoms with Gasteiger partial charge in [0.2, 0.25) is 5.91 Å². The number of hydrogen-bond acceptors (Lipinski definition) is 2. The molecule has 0 saturated carbocycles. The summed E-state index contributed by atoms with van der Waals surface area (Å²) in [5, 5.41) is 0.0175. The summed E-state index contributed by atoms with van der Waals surface area (Å²) in [6, 6.07) is 16.5. The van der Waals surface area contributed by atoms with Crippen molar-refractivity contribution in [3.8, 4) is 0 Å². The normalized spacial score (nSPS) is 17.7. The van der Waals surface area contributed by atoms with Crippen molar-refractivity contribution in [1.82, 2.24) is 4.90 Å². The minimum atomic E-state index is -0.242. The zero-order valence-electron chi connectivity index (χ0n) is 12.2. The van der Waals surface area contributed by atoms with E-state index in [2.05, 4.69) is 0 Å². The number of carbonyl (C=O) groups is 1. The second-order valence-electron chi connectivity index (χ2n) is 5.35. The first kappa shape index (κ1) is 15.1. The second kappa shape index (κ2) is 6.97. The SMILES string of the molecule is O=C(CCc1ccccc1)N1CCSC1c1ccc(F)cc1. The number of aryl methyl sites for hydroxylation is 1. The highest BCUT2D eigenvalue weighted by Gasteiger charge is 2.30. The van der Waals surface area contributed by atoms with Gasteiger partial charge < -0.3 is 4.90 Å². The molecule has 1 fully saturated rings. The molecule has 1 saturated heterocycles. The van der Waals surface area contributed by atoms with Crippen molar-refractivity contribution in [2.75, 3.05) is 12.3 Å². The van der Waals surface area contributed by atoms with Crippen LogP contribution in [0.2, 0.25) is 0 Å². The van der Waals surface area contributed by atoms with Gasteiger partial charge in [0.25, 0.3) is 0 Å². The van der Waals surface area contributed by atoms with E-state index < -0.39 is 0 Å². The molecule has 0 N–H and O–H groups in total. The van der Waals surface area contributed by atoms with Crippen molar-refractivity contribution in [2.45, 2.75) is 18.2 Å². The minimum Gasteiger partial charge on any atom is -0.326 e. The number of halogens is 1. The average molecular weight is 315 g/mol. The van der Waals surface area contributed by atoms with Crippen molar-refractivity contribution in [1.29, 1.82) is 0 Å². The summed E-state index contributed by atoms with van der Waals surface area (Å²) in [4.78, 5) is 14.4. The first-order valence-electron chi connectivity index (χ1n) is 7.44. The molecule has 1 aliphatic rings. The molecule has 114 valence electrons. The number of benzene rings is 2.